The molecule has 0 atom stereocenters. The molecule has 0 radical (unpaired) electrons. The Labute approximate surface area is 112 Å². The predicted octanol–water partition coefficient (Wildman–Crippen LogP) is 2.71. The van der Waals surface area contributed by atoms with E-state index in [-0.39, 0.29) is 23.3 Å². The zero-order valence-electron chi connectivity index (χ0n) is 9.90. The van der Waals surface area contributed by atoms with Crippen LogP contribution in [0, 0.1) is 15.9 Å². The Kier molecular flexibility index (Phi) is 5.49. The molecule has 1 rings (SSSR count). The van der Waals surface area contributed by atoms with Crippen LogP contribution >= 0.6 is 15.9 Å². The molecule has 1 N–H and O–H groups in total. The number of benzene rings is 1. The van der Waals surface area contributed by atoms with Gasteiger partial charge in [-0.15, -0.1) is 0 Å². The lowest BCUT2D eigenvalue weighted by atomic mass is 10.2. The molecule has 0 amide bonds. The highest BCUT2D eigenvalue weighted by Crippen LogP contribution is 2.33. The first-order valence-corrected chi connectivity index (χ1v) is 6.29. The number of anilines is 1. The molecule has 18 heavy (non-hydrogen) atoms. The SMILES string of the molecule is CCCN(CCO)c1cc(Br)c(F)cc1[N+](=O)[O-]. The highest BCUT2D eigenvalue weighted by Gasteiger charge is 2.21. The van der Waals surface area contributed by atoms with Crippen molar-refractivity contribution < 1.29 is 14.4 Å². The minimum absolute atomic E-state index is 0.119. The lowest BCUT2D eigenvalue weighted by Gasteiger charge is -2.23. The molecule has 0 aromatic heterocycles. The number of aliphatic hydroxyl groups is 1. The number of hydrogen-bond donors (Lipinski definition) is 1. The van der Waals surface area contributed by atoms with Gasteiger partial charge in [0.05, 0.1) is 22.1 Å². The van der Waals surface area contributed by atoms with Gasteiger partial charge >= 0.3 is 0 Å². The highest BCUT2D eigenvalue weighted by atomic mass is 79.9. The maximum Gasteiger partial charge on any atom is 0.295 e. The van der Waals surface area contributed by atoms with E-state index in [0.717, 1.165) is 12.5 Å². The van der Waals surface area contributed by atoms with Gasteiger partial charge in [0.1, 0.15) is 11.5 Å². The van der Waals surface area contributed by atoms with Crippen LogP contribution in [0.15, 0.2) is 16.6 Å². The van der Waals surface area contributed by atoms with Crippen LogP contribution in [0.2, 0.25) is 0 Å². The van der Waals surface area contributed by atoms with E-state index in [1.165, 1.54) is 6.07 Å². The smallest absolute Gasteiger partial charge is 0.295 e. The van der Waals surface area contributed by atoms with Crippen LogP contribution in [0.4, 0.5) is 15.8 Å². The van der Waals surface area contributed by atoms with E-state index in [2.05, 4.69) is 15.9 Å². The Bertz CT molecular complexity index is 437. The second kappa shape index (κ2) is 6.65. The summed E-state index contributed by atoms with van der Waals surface area (Å²) in [5, 5.41) is 19.9. The van der Waals surface area contributed by atoms with Crippen LogP contribution in [0.25, 0.3) is 0 Å². The summed E-state index contributed by atoms with van der Waals surface area (Å²) in [6.07, 6.45) is 0.770. The molecule has 0 saturated carbocycles. The minimum atomic E-state index is -0.675. The fourth-order valence-corrected chi connectivity index (χ4v) is 2.00. The number of nitrogens with zero attached hydrogens (tertiary/aromatic N) is 2. The first-order valence-electron chi connectivity index (χ1n) is 5.50. The predicted molar refractivity (Wildman–Crippen MR) is 70.3 cm³/mol. The van der Waals surface area contributed by atoms with Crippen molar-refractivity contribution in [2.45, 2.75) is 13.3 Å². The third-order valence-corrected chi connectivity index (χ3v) is 3.03. The number of rotatable bonds is 6. The largest absolute Gasteiger partial charge is 0.395 e. The van der Waals surface area contributed by atoms with E-state index in [0.29, 0.717) is 12.2 Å². The minimum Gasteiger partial charge on any atom is -0.395 e. The third kappa shape index (κ3) is 3.39. The Balaban J connectivity index is 3.25. The number of halogens is 2. The van der Waals surface area contributed by atoms with Crippen molar-refractivity contribution >= 4 is 27.3 Å². The summed E-state index contributed by atoms with van der Waals surface area (Å²) in [7, 11) is 0. The first-order chi connectivity index (χ1) is 8.51. The van der Waals surface area contributed by atoms with Crippen LogP contribution in [0.3, 0.4) is 0 Å². The molecule has 0 aliphatic carbocycles. The summed E-state index contributed by atoms with van der Waals surface area (Å²) >= 11 is 3.01. The molecule has 1 aromatic carbocycles. The van der Waals surface area contributed by atoms with Gasteiger partial charge in [0, 0.05) is 13.1 Å². The Morgan fingerprint density at radius 1 is 1.50 bits per heavy atom. The van der Waals surface area contributed by atoms with Crippen molar-refractivity contribution in [3.05, 3.63) is 32.5 Å². The normalized spacial score (nSPS) is 10.4. The zero-order chi connectivity index (χ0) is 13.7. The quantitative estimate of drug-likeness (QED) is 0.646. The van der Waals surface area contributed by atoms with Crippen molar-refractivity contribution in [3.8, 4) is 0 Å². The Morgan fingerprint density at radius 2 is 2.17 bits per heavy atom. The van der Waals surface area contributed by atoms with Crippen LogP contribution in [0.1, 0.15) is 13.3 Å². The number of aliphatic hydroxyl groups excluding tert-OH is 1. The fourth-order valence-electron chi connectivity index (χ4n) is 1.67. The molecular weight excluding hydrogens is 307 g/mol. The topological polar surface area (TPSA) is 66.6 Å². The summed E-state index contributed by atoms with van der Waals surface area (Å²) in [6.45, 7) is 2.63. The van der Waals surface area contributed by atoms with Gasteiger partial charge in [-0.3, -0.25) is 10.1 Å². The van der Waals surface area contributed by atoms with Gasteiger partial charge in [-0.05, 0) is 28.4 Å². The zero-order valence-corrected chi connectivity index (χ0v) is 11.5. The molecule has 1 aromatic rings. The van der Waals surface area contributed by atoms with Gasteiger partial charge in [-0.1, -0.05) is 6.92 Å². The molecule has 0 heterocycles. The first kappa shape index (κ1) is 14.8. The molecule has 0 spiro atoms. The van der Waals surface area contributed by atoms with Gasteiger partial charge in [0.2, 0.25) is 0 Å². The molecule has 5 nitrogen and oxygen atoms in total. The van der Waals surface area contributed by atoms with Gasteiger partial charge in [0.15, 0.2) is 0 Å². The second-order valence-corrected chi connectivity index (χ2v) is 4.58. The molecule has 100 valence electrons. The van der Waals surface area contributed by atoms with Gasteiger partial charge in [0.25, 0.3) is 5.69 Å². The van der Waals surface area contributed by atoms with Crippen molar-refractivity contribution in [3.63, 3.8) is 0 Å². The monoisotopic (exact) mass is 320 g/mol. The Hall–Kier alpha value is -1.21. The Morgan fingerprint density at radius 3 is 2.67 bits per heavy atom. The summed E-state index contributed by atoms with van der Waals surface area (Å²) in [5.74, 6) is -0.675. The van der Waals surface area contributed by atoms with Crippen LogP contribution in [-0.4, -0.2) is 29.7 Å². The second-order valence-electron chi connectivity index (χ2n) is 3.72. The van der Waals surface area contributed by atoms with Crippen LogP contribution in [0.5, 0.6) is 0 Å². The summed E-state index contributed by atoms with van der Waals surface area (Å²) in [6, 6.07) is 2.26. The maximum absolute atomic E-state index is 13.3. The highest BCUT2D eigenvalue weighted by molar-refractivity contribution is 9.10. The molecule has 0 fully saturated rings. The molecule has 0 aliphatic rings. The average molecular weight is 321 g/mol. The number of nitro benzene ring substituents is 1. The van der Waals surface area contributed by atoms with Crippen LogP contribution < -0.4 is 4.90 Å². The van der Waals surface area contributed by atoms with E-state index >= 15 is 0 Å². The van der Waals surface area contributed by atoms with Crippen molar-refractivity contribution in [1.29, 1.82) is 0 Å². The van der Waals surface area contributed by atoms with Gasteiger partial charge < -0.3 is 10.0 Å². The fraction of sp³-hybridized carbons (Fsp3) is 0.455. The van der Waals surface area contributed by atoms with Crippen molar-refractivity contribution in [1.82, 2.24) is 0 Å². The van der Waals surface area contributed by atoms with E-state index in [1.54, 1.807) is 4.90 Å². The van der Waals surface area contributed by atoms with Crippen LogP contribution in [-0.2, 0) is 0 Å². The number of nitro groups is 1. The molecule has 0 unspecified atom stereocenters. The molecular formula is C11H14BrFN2O3. The number of hydrogen-bond acceptors (Lipinski definition) is 4. The summed E-state index contributed by atoms with van der Waals surface area (Å²) < 4.78 is 13.5. The summed E-state index contributed by atoms with van der Waals surface area (Å²) in [4.78, 5) is 12.0. The van der Waals surface area contributed by atoms with Gasteiger partial charge in [-0.2, -0.15) is 0 Å². The molecule has 0 saturated heterocycles. The third-order valence-electron chi connectivity index (χ3n) is 2.42. The van der Waals surface area contributed by atoms with E-state index in [4.69, 9.17) is 5.11 Å². The van der Waals surface area contributed by atoms with E-state index in [1.807, 2.05) is 6.92 Å². The molecule has 0 bridgehead atoms. The lowest BCUT2D eigenvalue weighted by molar-refractivity contribution is -0.384. The molecule has 0 aliphatic heterocycles. The van der Waals surface area contributed by atoms with E-state index in [9.17, 15) is 14.5 Å². The standard InChI is InChI=1S/C11H14BrFN2O3/c1-2-3-14(4-5-16)10-6-8(12)9(13)7-11(10)15(17)18/h6-7,16H,2-5H2,1H3. The van der Waals surface area contributed by atoms with Gasteiger partial charge in [-0.25, -0.2) is 4.39 Å². The average Bonchev–Trinajstić information content (AvgIpc) is 2.31. The van der Waals surface area contributed by atoms with Crippen molar-refractivity contribution in [2.75, 3.05) is 24.6 Å². The maximum atomic E-state index is 13.3. The molecule has 7 heteroatoms. The van der Waals surface area contributed by atoms with Crippen molar-refractivity contribution in [2.24, 2.45) is 0 Å². The lowest BCUT2D eigenvalue weighted by Crippen LogP contribution is -2.28. The van der Waals surface area contributed by atoms with E-state index < -0.39 is 10.7 Å². The summed E-state index contributed by atoms with van der Waals surface area (Å²) in [5.41, 5.74) is 0.0155.